The average molecular weight is 474 g/mol. The van der Waals surface area contributed by atoms with Gasteiger partial charge in [-0.25, -0.2) is 4.98 Å². The first-order chi connectivity index (χ1) is 14.5. The van der Waals surface area contributed by atoms with Crippen molar-refractivity contribution in [2.24, 2.45) is 5.10 Å². The molecule has 3 rings (SSSR count). The molecule has 0 aliphatic carbocycles. The lowest BCUT2D eigenvalue weighted by Crippen LogP contribution is -2.22. The van der Waals surface area contributed by atoms with Crippen LogP contribution in [0.15, 0.2) is 44.7 Å². The lowest BCUT2D eigenvalue weighted by atomic mass is 10.2. The summed E-state index contributed by atoms with van der Waals surface area (Å²) in [5, 5.41) is 4.95. The van der Waals surface area contributed by atoms with E-state index < -0.39 is 0 Å². The van der Waals surface area contributed by atoms with E-state index in [9.17, 15) is 4.79 Å². The summed E-state index contributed by atoms with van der Waals surface area (Å²) in [6, 6.07) is 9.03. The average Bonchev–Trinajstić information content (AvgIpc) is 2.75. The first kappa shape index (κ1) is 21.8. The fourth-order valence-electron chi connectivity index (χ4n) is 3.08. The Bertz CT molecular complexity index is 1120. The molecule has 0 fully saturated rings. The molecule has 0 bridgehead atoms. The molecule has 0 saturated carbocycles. The number of fused-ring (bicyclic) bond motifs is 1. The van der Waals surface area contributed by atoms with Crippen LogP contribution in [0.1, 0.15) is 31.7 Å². The van der Waals surface area contributed by atoms with Crippen LogP contribution >= 0.6 is 15.9 Å². The van der Waals surface area contributed by atoms with Gasteiger partial charge in [0.1, 0.15) is 5.82 Å². The summed E-state index contributed by atoms with van der Waals surface area (Å²) >= 11 is 3.41. The number of nitrogens with zero attached hydrogens (tertiary/aromatic N) is 3. The minimum atomic E-state index is -0.217. The second-order valence-electron chi connectivity index (χ2n) is 6.49. The maximum Gasteiger partial charge on any atom is 0.282 e. The fourth-order valence-corrected chi connectivity index (χ4v) is 3.45. The monoisotopic (exact) mass is 473 g/mol. The summed E-state index contributed by atoms with van der Waals surface area (Å²) in [5.74, 6) is 2.19. The van der Waals surface area contributed by atoms with E-state index in [0.717, 1.165) is 10.9 Å². The van der Waals surface area contributed by atoms with Crippen LogP contribution < -0.4 is 19.8 Å². The van der Waals surface area contributed by atoms with Crippen LogP contribution in [0, 0.1) is 0 Å². The summed E-state index contributed by atoms with van der Waals surface area (Å²) in [5.41, 5.74) is 1.14. The highest BCUT2D eigenvalue weighted by Crippen LogP contribution is 2.38. The van der Waals surface area contributed by atoms with Crippen molar-refractivity contribution < 1.29 is 14.2 Å². The third-order valence-corrected chi connectivity index (χ3v) is 4.94. The molecule has 7 nitrogen and oxygen atoms in total. The number of aryl methyl sites for hydroxylation is 1. The zero-order valence-electron chi connectivity index (χ0n) is 17.4. The van der Waals surface area contributed by atoms with Gasteiger partial charge in [-0.3, -0.25) is 4.79 Å². The maximum atomic E-state index is 13.1. The van der Waals surface area contributed by atoms with Gasteiger partial charge >= 0.3 is 0 Å². The molecule has 158 valence electrons. The molecule has 3 aromatic rings. The first-order valence-electron chi connectivity index (χ1n) is 9.66. The number of halogens is 1. The van der Waals surface area contributed by atoms with Gasteiger partial charge in [0.25, 0.3) is 5.56 Å². The van der Waals surface area contributed by atoms with Crippen LogP contribution in [0.3, 0.4) is 0 Å². The molecule has 0 N–H and O–H groups in total. The number of hydrogen-bond donors (Lipinski definition) is 0. The number of hydrogen-bond acceptors (Lipinski definition) is 6. The third-order valence-electron chi connectivity index (χ3n) is 4.44. The standard InChI is InChI=1S/C22H24BrN3O4/c1-5-7-20-25-17-9-8-15(23)12-16(17)22(27)26(20)24-13-14-10-18(28-3)21(30-6-2)19(11-14)29-4/h8-13H,5-7H2,1-4H3. The zero-order chi connectivity index (χ0) is 21.7. The Morgan fingerprint density at radius 1 is 1.13 bits per heavy atom. The summed E-state index contributed by atoms with van der Waals surface area (Å²) in [7, 11) is 3.13. The smallest absolute Gasteiger partial charge is 0.282 e. The van der Waals surface area contributed by atoms with Crippen molar-refractivity contribution in [2.45, 2.75) is 26.7 Å². The lowest BCUT2D eigenvalue weighted by molar-refractivity contribution is 0.288. The number of benzene rings is 2. The number of rotatable bonds is 8. The highest BCUT2D eigenvalue weighted by molar-refractivity contribution is 9.10. The Labute approximate surface area is 183 Å². The van der Waals surface area contributed by atoms with Gasteiger partial charge in [-0.15, -0.1) is 0 Å². The lowest BCUT2D eigenvalue weighted by Gasteiger charge is -2.14. The predicted octanol–water partition coefficient (Wildman–Crippen LogP) is 4.41. The molecule has 30 heavy (non-hydrogen) atoms. The largest absolute Gasteiger partial charge is 0.493 e. The van der Waals surface area contributed by atoms with Crippen LogP contribution in [0.4, 0.5) is 0 Å². The zero-order valence-corrected chi connectivity index (χ0v) is 19.0. The van der Waals surface area contributed by atoms with E-state index >= 15 is 0 Å². The summed E-state index contributed by atoms with van der Waals surface area (Å²) < 4.78 is 18.7. The van der Waals surface area contributed by atoms with Crippen molar-refractivity contribution in [3.8, 4) is 17.2 Å². The van der Waals surface area contributed by atoms with Crippen LogP contribution in [-0.2, 0) is 6.42 Å². The van der Waals surface area contributed by atoms with Gasteiger partial charge in [0.15, 0.2) is 11.5 Å². The quantitative estimate of drug-likeness (QED) is 0.453. The van der Waals surface area contributed by atoms with Crippen molar-refractivity contribution in [3.05, 3.63) is 56.5 Å². The molecule has 0 aliphatic heterocycles. The Morgan fingerprint density at radius 3 is 2.43 bits per heavy atom. The number of aromatic nitrogens is 2. The third kappa shape index (κ3) is 4.48. The molecule has 2 aromatic carbocycles. The highest BCUT2D eigenvalue weighted by Gasteiger charge is 2.14. The van der Waals surface area contributed by atoms with Crippen molar-refractivity contribution in [2.75, 3.05) is 20.8 Å². The van der Waals surface area contributed by atoms with Crippen molar-refractivity contribution in [3.63, 3.8) is 0 Å². The molecule has 0 saturated heterocycles. The van der Waals surface area contributed by atoms with Gasteiger partial charge in [-0.2, -0.15) is 9.78 Å². The minimum absolute atomic E-state index is 0.217. The number of methoxy groups -OCH3 is 2. The molecule has 8 heteroatoms. The molecule has 0 spiro atoms. The van der Waals surface area contributed by atoms with E-state index in [1.807, 2.05) is 26.0 Å². The topological polar surface area (TPSA) is 74.9 Å². The maximum absolute atomic E-state index is 13.1. The molecule has 0 radical (unpaired) electrons. The molecule has 1 aromatic heterocycles. The van der Waals surface area contributed by atoms with Crippen LogP contribution in [-0.4, -0.2) is 36.7 Å². The Balaban J connectivity index is 2.12. The van der Waals surface area contributed by atoms with Crippen LogP contribution in [0.25, 0.3) is 10.9 Å². The Hall–Kier alpha value is -2.87. The van der Waals surface area contributed by atoms with E-state index in [1.165, 1.54) is 4.68 Å². The second kappa shape index (κ2) is 9.75. The summed E-state index contributed by atoms with van der Waals surface area (Å²) in [6.45, 7) is 4.41. The molecule has 0 aliphatic rings. The fraction of sp³-hybridized carbons (Fsp3) is 0.318. The van der Waals surface area contributed by atoms with Gasteiger partial charge in [0.2, 0.25) is 5.75 Å². The van der Waals surface area contributed by atoms with Crippen molar-refractivity contribution in [1.82, 2.24) is 9.66 Å². The number of ether oxygens (including phenoxy) is 3. The van der Waals surface area contributed by atoms with Gasteiger partial charge in [-0.1, -0.05) is 22.9 Å². The minimum Gasteiger partial charge on any atom is -0.493 e. The first-order valence-corrected chi connectivity index (χ1v) is 10.5. The van der Waals surface area contributed by atoms with Crippen LogP contribution in [0.5, 0.6) is 17.2 Å². The van der Waals surface area contributed by atoms with E-state index in [1.54, 1.807) is 38.6 Å². The van der Waals surface area contributed by atoms with Gasteiger partial charge in [0.05, 0.1) is 37.9 Å². The van der Waals surface area contributed by atoms with Gasteiger partial charge in [-0.05, 0) is 43.7 Å². The second-order valence-corrected chi connectivity index (χ2v) is 7.40. The van der Waals surface area contributed by atoms with E-state index in [4.69, 9.17) is 14.2 Å². The Kier molecular flexibility index (Phi) is 7.10. The van der Waals surface area contributed by atoms with Crippen molar-refractivity contribution in [1.29, 1.82) is 0 Å². The molecule has 0 unspecified atom stereocenters. The molecule has 1 heterocycles. The van der Waals surface area contributed by atoms with E-state index in [2.05, 4.69) is 26.0 Å². The predicted molar refractivity (Wildman–Crippen MR) is 121 cm³/mol. The SMILES string of the molecule is CCCc1nc2ccc(Br)cc2c(=O)n1N=Cc1cc(OC)c(OCC)c(OC)c1. The molecule has 0 atom stereocenters. The molecule has 0 amide bonds. The van der Waals surface area contributed by atoms with E-state index in [-0.39, 0.29) is 5.56 Å². The highest BCUT2D eigenvalue weighted by atomic mass is 79.9. The summed E-state index contributed by atoms with van der Waals surface area (Å²) in [6.07, 6.45) is 3.07. The normalized spacial score (nSPS) is 11.2. The summed E-state index contributed by atoms with van der Waals surface area (Å²) in [4.78, 5) is 17.7. The van der Waals surface area contributed by atoms with E-state index in [0.29, 0.717) is 52.6 Å². The molecular weight excluding hydrogens is 450 g/mol. The van der Waals surface area contributed by atoms with Crippen molar-refractivity contribution >= 4 is 33.0 Å². The molecular formula is C22H24BrN3O4. The van der Waals surface area contributed by atoms with Crippen LogP contribution in [0.2, 0.25) is 0 Å². The van der Waals surface area contributed by atoms with Gasteiger partial charge < -0.3 is 14.2 Å². The Morgan fingerprint density at radius 2 is 1.83 bits per heavy atom. The van der Waals surface area contributed by atoms with Gasteiger partial charge in [0, 0.05) is 16.5 Å².